The Balaban J connectivity index is 1.40. The monoisotopic (exact) mass is 542 g/mol. The first-order valence-corrected chi connectivity index (χ1v) is 15.6. The highest BCUT2D eigenvalue weighted by Crippen LogP contribution is 2.56. The number of carbonyl (C=O) groups excluding carboxylic acids is 4. The van der Waals surface area contributed by atoms with E-state index >= 15 is 0 Å². The minimum atomic E-state index is -0.342. The molecule has 0 N–H and O–H groups in total. The number of hydrogen-bond donors (Lipinski definition) is 0. The quantitative estimate of drug-likeness (QED) is 0.389. The summed E-state index contributed by atoms with van der Waals surface area (Å²) in [5.41, 5.74) is 5.15. The summed E-state index contributed by atoms with van der Waals surface area (Å²) in [5, 5.41) is 0. The smallest absolute Gasteiger partial charge is 0.160 e. The molecule has 1 aromatic carbocycles. The summed E-state index contributed by atoms with van der Waals surface area (Å²) >= 11 is 3.36. The Morgan fingerprint density at radius 2 is 0.789 bits per heavy atom. The highest BCUT2D eigenvalue weighted by molar-refractivity contribution is 8.07. The minimum Gasteiger partial charge on any atom is -0.294 e. The topological polar surface area (TPSA) is 68.3 Å². The van der Waals surface area contributed by atoms with E-state index in [9.17, 15) is 19.2 Å². The van der Waals surface area contributed by atoms with E-state index in [1.54, 1.807) is 23.5 Å². The van der Waals surface area contributed by atoms with Crippen molar-refractivity contribution in [1.29, 1.82) is 0 Å². The van der Waals surface area contributed by atoms with Crippen LogP contribution in [0.15, 0.2) is 66.2 Å². The number of thioether (sulfide) groups is 2. The van der Waals surface area contributed by atoms with Crippen molar-refractivity contribution in [2.75, 3.05) is 0 Å². The fourth-order valence-corrected chi connectivity index (χ4v) is 10.2. The number of hydrogen-bond acceptors (Lipinski definition) is 6. The van der Waals surface area contributed by atoms with Gasteiger partial charge >= 0.3 is 0 Å². The van der Waals surface area contributed by atoms with Gasteiger partial charge in [-0.05, 0) is 82.1 Å². The summed E-state index contributed by atoms with van der Waals surface area (Å²) < 4.78 is 0. The molecule has 7 rings (SSSR count). The van der Waals surface area contributed by atoms with Crippen LogP contribution < -0.4 is 0 Å². The molecule has 0 atom stereocenters. The van der Waals surface area contributed by atoms with Crippen LogP contribution in [0.2, 0.25) is 0 Å². The number of benzene rings is 1. The van der Waals surface area contributed by atoms with Gasteiger partial charge in [0, 0.05) is 59.8 Å². The molecule has 0 fully saturated rings. The maximum absolute atomic E-state index is 13.3. The molecular weight excluding hydrogens is 512 g/mol. The molecule has 0 aromatic heterocycles. The Hall–Kier alpha value is -2.44. The third-order valence-corrected chi connectivity index (χ3v) is 11.5. The van der Waals surface area contributed by atoms with Gasteiger partial charge in [-0.15, -0.1) is 0 Å². The van der Waals surface area contributed by atoms with Gasteiger partial charge in [0.15, 0.2) is 23.1 Å². The van der Waals surface area contributed by atoms with Crippen molar-refractivity contribution in [3.05, 3.63) is 77.3 Å². The number of rotatable bonds is 2. The maximum atomic E-state index is 13.3. The maximum Gasteiger partial charge on any atom is 0.160 e. The van der Waals surface area contributed by atoms with Crippen LogP contribution in [-0.4, -0.2) is 23.1 Å². The molecule has 4 nitrogen and oxygen atoms in total. The predicted molar refractivity (Wildman–Crippen MR) is 151 cm³/mol. The van der Waals surface area contributed by atoms with E-state index in [1.807, 2.05) is 18.2 Å². The van der Waals surface area contributed by atoms with E-state index in [4.69, 9.17) is 0 Å². The summed E-state index contributed by atoms with van der Waals surface area (Å²) in [5.74, 6) is -0.0428. The molecule has 6 heteroatoms. The van der Waals surface area contributed by atoms with Gasteiger partial charge < -0.3 is 0 Å². The summed E-state index contributed by atoms with van der Waals surface area (Å²) in [4.78, 5) is 57.9. The van der Waals surface area contributed by atoms with Crippen molar-refractivity contribution >= 4 is 46.7 Å². The van der Waals surface area contributed by atoms with E-state index < -0.39 is 0 Å². The third-order valence-electron chi connectivity index (χ3n) is 8.86. The van der Waals surface area contributed by atoms with Crippen LogP contribution in [0.4, 0.5) is 0 Å². The Kier molecular flexibility index (Phi) is 6.23. The highest BCUT2D eigenvalue weighted by Gasteiger charge is 2.43. The molecule has 0 saturated carbocycles. The Labute approximate surface area is 231 Å². The molecule has 194 valence electrons. The molecule has 38 heavy (non-hydrogen) atoms. The average Bonchev–Trinajstić information content (AvgIpc) is 2.92. The lowest BCUT2D eigenvalue weighted by Gasteiger charge is -2.37. The third kappa shape index (κ3) is 3.90. The van der Waals surface area contributed by atoms with E-state index in [1.165, 1.54) is 0 Å². The second-order valence-electron chi connectivity index (χ2n) is 11.2. The zero-order valence-corrected chi connectivity index (χ0v) is 23.0. The first kappa shape index (κ1) is 24.6. The molecule has 0 bridgehead atoms. The Bertz CT molecular complexity index is 1260. The molecule has 0 saturated heterocycles. The predicted octanol–water partition coefficient (Wildman–Crippen LogP) is 7.38. The fraction of sp³-hybridized carbons (Fsp3) is 0.438. The lowest BCUT2D eigenvalue weighted by atomic mass is 9.72. The van der Waals surface area contributed by atoms with Crippen LogP contribution in [0.1, 0.15) is 100 Å². The summed E-state index contributed by atoms with van der Waals surface area (Å²) in [7, 11) is 0. The van der Waals surface area contributed by atoms with Crippen LogP contribution in [0, 0.1) is 0 Å². The van der Waals surface area contributed by atoms with Gasteiger partial charge in [-0.25, -0.2) is 0 Å². The summed E-state index contributed by atoms with van der Waals surface area (Å²) in [6, 6.07) is 8.18. The first-order chi connectivity index (χ1) is 18.5. The van der Waals surface area contributed by atoms with Gasteiger partial charge in [0.25, 0.3) is 0 Å². The fourth-order valence-electron chi connectivity index (χ4n) is 7.22. The summed E-state index contributed by atoms with van der Waals surface area (Å²) in [6.07, 6.45) is 9.15. The molecule has 1 aromatic rings. The molecule has 0 radical (unpaired) electrons. The molecule has 0 unspecified atom stereocenters. The Morgan fingerprint density at radius 3 is 1.11 bits per heavy atom. The largest absolute Gasteiger partial charge is 0.294 e. The lowest BCUT2D eigenvalue weighted by Crippen LogP contribution is -2.29. The minimum absolute atomic E-state index is 0.160. The number of ketones is 4. The molecule has 2 heterocycles. The molecule has 2 aliphatic heterocycles. The van der Waals surface area contributed by atoms with Gasteiger partial charge in [-0.1, -0.05) is 47.8 Å². The van der Waals surface area contributed by atoms with Crippen LogP contribution in [-0.2, 0) is 19.2 Å². The second-order valence-corrected chi connectivity index (χ2v) is 13.6. The van der Waals surface area contributed by atoms with Crippen molar-refractivity contribution < 1.29 is 19.2 Å². The lowest BCUT2D eigenvalue weighted by molar-refractivity contribution is -0.118. The van der Waals surface area contributed by atoms with Gasteiger partial charge in [-0.3, -0.25) is 19.2 Å². The van der Waals surface area contributed by atoms with Crippen LogP contribution in [0.25, 0.3) is 0 Å². The van der Waals surface area contributed by atoms with Gasteiger partial charge in [-0.2, -0.15) is 0 Å². The van der Waals surface area contributed by atoms with Crippen molar-refractivity contribution in [1.82, 2.24) is 0 Å². The molecule has 6 aliphatic rings. The van der Waals surface area contributed by atoms with Gasteiger partial charge in [0.05, 0.1) is 0 Å². The number of allylic oxidation sites excluding steroid dienone is 8. The summed E-state index contributed by atoms with van der Waals surface area (Å²) in [6.45, 7) is 0. The number of Topliss-reactive ketones (excluding diaryl/α,β-unsaturated/α-hetero) is 4. The van der Waals surface area contributed by atoms with Crippen molar-refractivity contribution in [3.63, 3.8) is 0 Å². The van der Waals surface area contributed by atoms with Crippen LogP contribution in [0.5, 0.6) is 0 Å². The molecular formula is C32H30O4S2. The standard InChI is InChI=1S/C32H30O4S2/c33-19-8-2-12-23-29(19)27(30-20(34)9-3-13-24(30)37-23)17-6-1-7-18(16-17)28-31-21(35)10-4-14-25(31)38-26-15-5-11-22(36)32(26)28/h1,6-7,16,27-28H,2-5,8-15H2. The van der Waals surface area contributed by atoms with Crippen LogP contribution in [0.3, 0.4) is 0 Å². The van der Waals surface area contributed by atoms with Crippen molar-refractivity contribution in [2.24, 2.45) is 0 Å². The van der Waals surface area contributed by atoms with Crippen LogP contribution >= 0.6 is 23.5 Å². The van der Waals surface area contributed by atoms with E-state index in [-0.39, 0.29) is 35.0 Å². The van der Waals surface area contributed by atoms with Crippen molar-refractivity contribution in [3.8, 4) is 0 Å². The van der Waals surface area contributed by atoms with Gasteiger partial charge in [0.2, 0.25) is 0 Å². The normalized spacial score (nSPS) is 25.1. The molecule has 0 spiro atoms. The van der Waals surface area contributed by atoms with Gasteiger partial charge in [0.1, 0.15) is 0 Å². The zero-order valence-electron chi connectivity index (χ0n) is 21.4. The molecule has 0 amide bonds. The second kappa shape index (κ2) is 9.63. The first-order valence-electron chi connectivity index (χ1n) is 14.0. The number of carbonyl (C=O) groups is 4. The highest BCUT2D eigenvalue weighted by atomic mass is 32.2. The van der Waals surface area contributed by atoms with Crippen molar-refractivity contribution in [2.45, 2.75) is 88.9 Å². The average molecular weight is 543 g/mol. The Morgan fingerprint density at radius 1 is 0.474 bits per heavy atom. The van der Waals surface area contributed by atoms with E-state index in [0.29, 0.717) is 25.7 Å². The van der Waals surface area contributed by atoms with E-state index in [0.717, 1.165) is 104 Å². The van der Waals surface area contributed by atoms with E-state index in [2.05, 4.69) is 6.07 Å². The SMILES string of the molecule is O=C1CCCC2=C1C(c1cccc(C3C4=C(CCCC4=O)SC4=C3C(=O)CCC4)c1)C1=C(CCCC1=O)S2. The zero-order chi connectivity index (χ0) is 26.0. The molecule has 4 aliphatic carbocycles.